The van der Waals surface area contributed by atoms with Crippen LogP contribution in [-0.2, 0) is 0 Å². The Morgan fingerprint density at radius 3 is 2.45 bits per heavy atom. The summed E-state index contributed by atoms with van der Waals surface area (Å²) in [6.45, 7) is 22.2. The Balaban J connectivity index is 1.81. The molecule has 1 nitrogen and oxygen atoms in total. The predicted molar refractivity (Wildman–Crippen MR) is 131 cm³/mol. The Labute approximate surface area is 192 Å². The monoisotopic (exact) mass is 421 g/mol. The highest BCUT2D eigenvalue weighted by molar-refractivity contribution is 5.34. The molecule has 0 aromatic heterocycles. The van der Waals surface area contributed by atoms with Crippen molar-refractivity contribution < 1.29 is 0 Å². The van der Waals surface area contributed by atoms with Gasteiger partial charge in [0.2, 0.25) is 0 Å². The molecule has 3 fully saturated rings. The van der Waals surface area contributed by atoms with Gasteiger partial charge in [0, 0.05) is 6.42 Å². The minimum atomic E-state index is 0.186. The van der Waals surface area contributed by atoms with Gasteiger partial charge in [-0.15, -0.1) is 0 Å². The van der Waals surface area contributed by atoms with E-state index < -0.39 is 0 Å². The van der Waals surface area contributed by atoms with Crippen molar-refractivity contribution in [2.45, 2.75) is 106 Å². The number of nitriles is 1. The van der Waals surface area contributed by atoms with Gasteiger partial charge in [-0.2, -0.15) is 5.26 Å². The Bertz CT molecular complexity index is 815. The first-order valence-corrected chi connectivity index (χ1v) is 13.2. The van der Waals surface area contributed by atoms with Crippen LogP contribution in [0.4, 0.5) is 0 Å². The zero-order chi connectivity index (χ0) is 22.8. The second kappa shape index (κ2) is 7.50. The summed E-state index contributed by atoms with van der Waals surface area (Å²) in [6, 6.07) is 2.48. The molecule has 0 aliphatic heterocycles. The summed E-state index contributed by atoms with van der Waals surface area (Å²) < 4.78 is 0. The average molecular weight is 422 g/mol. The first kappa shape index (κ1) is 23.1. The summed E-state index contributed by atoms with van der Waals surface area (Å²) in [4.78, 5) is 0. The molecule has 31 heavy (non-hydrogen) atoms. The predicted octanol–water partition coefficient (Wildman–Crippen LogP) is 8.72. The molecule has 4 rings (SSSR count). The van der Waals surface area contributed by atoms with E-state index >= 15 is 0 Å². The summed E-state index contributed by atoms with van der Waals surface area (Å²) >= 11 is 0. The second-order valence-corrected chi connectivity index (χ2v) is 13.3. The summed E-state index contributed by atoms with van der Waals surface area (Å²) in [5.74, 6) is 3.60. The fraction of sp³-hybridized carbons (Fsp3) is 0.833. The van der Waals surface area contributed by atoms with Crippen molar-refractivity contribution in [3.05, 3.63) is 23.8 Å². The maximum Gasteiger partial charge on any atom is 0.0621 e. The lowest BCUT2D eigenvalue weighted by Gasteiger charge is -2.69. The van der Waals surface area contributed by atoms with Crippen LogP contribution < -0.4 is 0 Å². The third-order valence-corrected chi connectivity index (χ3v) is 12.0. The van der Waals surface area contributed by atoms with Crippen LogP contribution in [0.15, 0.2) is 23.8 Å². The Morgan fingerprint density at radius 1 is 1.10 bits per heavy atom. The molecule has 4 aliphatic rings. The average Bonchev–Trinajstić information content (AvgIpc) is 2.70. The molecule has 0 aromatic rings. The van der Waals surface area contributed by atoms with Gasteiger partial charge in [-0.3, -0.25) is 0 Å². The molecule has 3 saturated carbocycles. The van der Waals surface area contributed by atoms with Gasteiger partial charge in [0.25, 0.3) is 0 Å². The Morgan fingerprint density at radius 2 is 1.81 bits per heavy atom. The molecule has 0 saturated heterocycles. The molecule has 0 spiro atoms. The van der Waals surface area contributed by atoms with Crippen LogP contribution in [0.25, 0.3) is 0 Å². The highest BCUT2D eigenvalue weighted by Gasteiger charge is 2.65. The highest BCUT2D eigenvalue weighted by Crippen LogP contribution is 2.74. The van der Waals surface area contributed by atoms with Crippen LogP contribution in [0.5, 0.6) is 0 Å². The molecule has 0 radical (unpaired) electrons. The smallest absolute Gasteiger partial charge is 0.0621 e. The van der Waals surface area contributed by atoms with Crippen LogP contribution in [0.3, 0.4) is 0 Å². The van der Waals surface area contributed by atoms with E-state index in [1.54, 1.807) is 0 Å². The molecule has 0 aromatic carbocycles. The van der Waals surface area contributed by atoms with Gasteiger partial charge in [0.05, 0.1) is 6.07 Å². The molecule has 0 bridgehead atoms. The van der Waals surface area contributed by atoms with Crippen molar-refractivity contribution >= 4 is 0 Å². The van der Waals surface area contributed by atoms with Gasteiger partial charge in [-0.05, 0) is 110 Å². The van der Waals surface area contributed by atoms with Gasteiger partial charge in [0.15, 0.2) is 0 Å². The fourth-order valence-electron chi connectivity index (χ4n) is 9.71. The van der Waals surface area contributed by atoms with Crippen molar-refractivity contribution in [3.8, 4) is 6.07 Å². The van der Waals surface area contributed by atoms with Gasteiger partial charge in [-0.1, -0.05) is 65.3 Å². The van der Waals surface area contributed by atoms with E-state index in [4.69, 9.17) is 0 Å². The van der Waals surface area contributed by atoms with Crippen LogP contribution in [-0.4, -0.2) is 0 Å². The van der Waals surface area contributed by atoms with Crippen molar-refractivity contribution in [1.29, 1.82) is 5.26 Å². The van der Waals surface area contributed by atoms with E-state index in [0.717, 1.165) is 24.2 Å². The first-order chi connectivity index (χ1) is 14.4. The number of fused-ring (bicyclic) bond motifs is 5. The maximum absolute atomic E-state index is 9.46. The standard InChI is InChI=1S/C30H47N/c1-20(2)23-13-16-30(8)25(28(23,6)14-9-19-31)11-10-24-26-22(4)21(3)12-15-27(26,5)17-18-29(24,30)7/h10,21-23,25-26H,1,9,11-18H2,2-8H3/t21-,22+,23+,25-,26+,27-,28+,29-,30-/m1/s1. The number of hydrogen-bond acceptors (Lipinski definition) is 1. The lowest BCUT2D eigenvalue weighted by molar-refractivity contribution is -0.142. The van der Waals surface area contributed by atoms with E-state index in [-0.39, 0.29) is 5.41 Å². The summed E-state index contributed by atoms with van der Waals surface area (Å²) in [5.41, 5.74) is 4.50. The van der Waals surface area contributed by atoms with Gasteiger partial charge in [0.1, 0.15) is 0 Å². The normalized spacial score (nSPS) is 51.5. The third-order valence-electron chi connectivity index (χ3n) is 12.0. The summed E-state index contributed by atoms with van der Waals surface area (Å²) in [6.07, 6.45) is 13.8. The molecule has 4 aliphatic carbocycles. The zero-order valence-electron chi connectivity index (χ0n) is 21.5. The van der Waals surface area contributed by atoms with E-state index in [1.807, 2.05) is 5.57 Å². The number of allylic oxidation sites excluding steroid dienone is 3. The maximum atomic E-state index is 9.46. The molecular weight excluding hydrogens is 374 g/mol. The molecule has 0 unspecified atom stereocenters. The molecule has 1 heteroatoms. The van der Waals surface area contributed by atoms with Crippen LogP contribution in [0.1, 0.15) is 106 Å². The minimum absolute atomic E-state index is 0.186. The lowest BCUT2D eigenvalue weighted by atomic mass is 9.35. The van der Waals surface area contributed by atoms with Crippen molar-refractivity contribution in [1.82, 2.24) is 0 Å². The Kier molecular flexibility index (Phi) is 5.60. The van der Waals surface area contributed by atoms with Crippen molar-refractivity contribution in [2.24, 2.45) is 51.2 Å². The largest absolute Gasteiger partial charge is 0.198 e. The summed E-state index contributed by atoms with van der Waals surface area (Å²) in [7, 11) is 0. The lowest BCUT2D eigenvalue weighted by Crippen LogP contribution is -2.61. The fourth-order valence-corrected chi connectivity index (χ4v) is 9.71. The van der Waals surface area contributed by atoms with Gasteiger partial charge in [-0.25, -0.2) is 0 Å². The molecule has 9 atom stereocenters. The zero-order valence-corrected chi connectivity index (χ0v) is 21.5. The molecule has 0 N–H and O–H groups in total. The van der Waals surface area contributed by atoms with Gasteiger partial charge < -0.3 is 0 Å². The number of hydrogen-bond donors (Lipinski definition) is 0. The van der Waals surface area contributed by atoms with E-state index in [1.165, 1.54) is 50.5 Å². The van der Waals surface area contributed by atoms with Crippen LogP contribution >= 0.6 is 0 Å². The molecule has 0 heterocycles. The van der Waals surface area contributed by atoms with E-state index in [9.17, 15) is 5.26 Å². The summed E-state index contributed by atoms with van der Waals surface area (Å²) in [5, 5.41) is 9.46. The quantitative estimate of drug-likeness (QED) is 0.418. The van der Waals surface area contributed by atoms with Gasteiger partial charge >= 0.3 is 0 Å². The highest BCUT2D eigenvalue weighted by atomic mass is 14.7. The second-order valence-electron chi connectivity index (χ2n) is 13.3. The third kappa shape index (κ3) is 3.06. The molecular formula is C30H47N. The van der Waals surface area contributed by atoms with Crippen molar-refractivity contribution in [2.75, 3.05) is 0 Å². The Hall–Kier alpha value is -1.03. The first-order valence-electron chi connectivity index (χ1n) is 13.2. The van der Waals surface area contributed by atoms with E-state index in [0.29, 0.717) is 34.5 Å². The van der Waals surface area contributed by atoms with Crippen LogP contribution in [0.2, 0.25) is 0 Å². The number of nitrogens with zero attached hydrogens (tertiary/aromatic N) is 1. The van der Waals surface area contributed by atoms with E-state index in [2.05, 4.69) is 67.2 Å². The SMILES string of the molecule is C=C(C)[C@@H]1CC[C@]2(C)[C@H](CC=C3[C@@H]4[C@@H](C)[C@H](C)CC[C@]4(C)CC[C@]32C)[C@@]1(C)CCC#N. The van der Waals surface area contributed by atoms with Crippen molar-refractivity contribution in [3.63, 3.8) is 0 Å². The topological polar surface area (TPSA) is 23.8 Å². The number of rotatable bonds is 3. The molecule has 0 amide bonds. The minimum Gasteiger partial charge on any atom is -0.198 e. The molecule has 172 valence electrons. The van der Waals surface area contributed by atoms with Crippen LogP contribution in [0, 0.1) is 62.6 Å².